The number of nitrogen functional groups attached to an aromatic ring is 1. The highest BCUT2D eigenvalue weighted by Gasteiger charge is 2.12. The van der Waals surface area contributed by atoms with E-state index in [4.69, 9.17) is 26.5 Å². The first kappa shape index (κ1) is 21.7. The van der Waals surface area contributed by atoms with Gasteiger partial charge in [-0.3, -0.25) is 0 Å². The van der Waals surface area contributed by atoms with Crippen LogP contribution in [0.1, 0.15) is 19.4 Å². The Morgan fingerprint density at radius 3 is 2.77 bits per heavy atom. The molecule has 1 aromatic carbocycles. The molecule has 4 rings (SSSR count). The fourth-order valence-electron chi connectivity index (χ4n) is 2.41. The molecular formula is C20H21ClN6O2S. The molecule has 30 heavy (non-hydrogen) atoms. The number of oxazole rings is 1. The van der Waals surface area contributed by atoms with E-state index in [-0.39, 0.29) is 0 Å². The summed E-state index contributed by atoms with van der Waals surface area (Å²) in [4.78, 5) is 14.2. The van der Waals surface area contributed by atoms with E-state index in [2.05, 4.69) is 25.5 Å². The lowest BCUT2D eigenvalue weighted by molar-refractivity contribution is 0.162. The Morgan fingerprint density at radius 1 is 1.27 bits per heavy atom. The summed E-state index contributed by atoms with van der Waals surface area (Å²) >= 11 is 7.38. The molecule has 0 unspecified atom stereocenters. The molecule has 0 saturated carbocycles. The molecule has 0 atom stereocenters. The minimum Gasteiger partial charge on any atom is -0.443 e. The van der Waals surface area contributed by atoms with Crippen LogP contribution in [-0.4, -0.2) is 34.4 Å². The molecule has 3 aromatic heterocycles. The number of fused-ring (bicyclic) bond motifs is 1. The van der Waals surface area contributed by atoms with Gasteiger partial charge in [-0.2, -0.15) is 10.1 Å². The van der Waals surface area contributed by atoms with E-state index in [0.29, 0.717) is 22.5 Å². The third kappa shape index (κ3) is 5.76. The van der Waals surface area contributed by atoms with Gasteiger partial charge < -0.3 is 14.9 Å². The molecule has 0 fully saturated rings. The number of ether oxygens (including phenoxy) is 1. The van der Waals surface area contributed by atoms with Gasteiger partial charge in [0, 0.05) is 18.2 Å². The van der Waals surface area contributed by atoms with Gasteiger partial charge in [0.05, 0.1) is 22.7 Å². The fraction of sp³-hybridized carbons (Fsp3) is 0.200. The summed E-state index contributed by atoms with van der Waals surface area (Å²) in [5, 5.41) is 5.53. The fourth-order valence-corrected chi connectivity index (χ4v) is 3.60. The first-order valence-corrected chi connectivity index (χ1v) is 10.4. The Hall–Kier alpha value is -3.01. The van der Waals surface area contributed by atoms with Crippen LogP contribution >= 0.6 is 22.9 Å². The van der Waals surface area contributed by atoms with Crippen molar-refractivity contribution in [2.45, 2.75) is 13.8 Å². The van der Waals surface area contributed by atoms with E-state index in [0.717, 1.165) is 33.9 Å². The van der Waals surface area contributed by atoms with Crippen molar-refractivity contribution < 1.29 is 9.15 Å². The molecule has 0 aliphatic carbocycles. The summed E-state index contributed by atoms with van der Waals surface area (Å²) < 4.78 is 10.1. The summed E-state index contributed by atoms with van der Waals surface area (Å²) in [7, 11) is 0. The third-order valence-corrected chi connectivity index (χ3v) is 5.01. The molecule has 3 N–H and O–H groups in total. The quantitative estimate of drug-likeness (QED) is 0.315. The number of rotatable bonds is 6. The smallest absolute Gasteiger partial charge is 0.246 e. The van der Waals surface area contributed by atoms with E-state index in [1.807, 2.05) is 32.0 Å². The Labute approximate surface area is 182 Å². The molecule has 4 aromatic rings. The van der Waals surface area contributed by atoms with Crippen LogP contribution in [0.4, 0.5) is 11.8 Å². The molecule has 0 saturated heterocycles. The number of thiophene rings is 1. The van der Waals surface area contributed by atoms with Crippen molar-refractivity contribution in [1.29, 1.82) is 0 Å². The standard InChI is InChI=1S/C16H11ClN6OS.C4H10O/c17-10-3-1-2-9(4-10)6-20-23-16-21-14(18)11-5-13(25-15(11)22-16)12-7-19-8-24-12;1-3-5-4-2/h1-8H,(H3,18,21,22,23);3-4H2,1-2H3/b20-6+;. The molecule has 0 amide bonds. The van der Waals surface area contributed by atoms with Gasteiger partial charge in [0.2, 0.25) is 5.95 Å². The van der Waals surface area contributed by atoms with Crippen LogP contribution < -0.4 is 11.2 Å². The van der Waals surface area contributed by atoms with E-state index in [1.165, 1.54) is 17.7 Å². The number of hydrogen-bond donors (Lipinski definition) is 2. The number of benzene rings is 1. The zero-order valence-electron chi connectivity index (χ0n) is 16.5. The van der Waals surface area contributed by atoms with Crippen LogP contribution in [0, 0.1) is 0 Å². The second-order valence-electron chi connectivity index (χ2n) is 5.83. The van der Waals surface area contributed by atoms with Gasteiger partial charge in [0.15, 0.2) is 12.2 Å². The number of aromatic nitrogens is 3. The number of hydrogen-bond acceptors (Lipinski definition) is 9. The Morgan fingerprint density at radius 2 is 2.10 bits per heavy atom. The van der Waals surface area contributed by atoms with Crippen molar-refractivity contribution in [3.8, 4) is 10.6 Å². The number of nitrogens with zero attached hydrogens (tertiary/aromatic N) is 4. The first-order valence-electron chi connectivity index (χ1n) is 9.19. The molecule has 0 bridgehead atoms. The molecule has 0 radical (unpaired) electrons. The van der Waals surface area contributed by atoms with E-state index >= 15 is 0 Å². The van der Waals surface area contributed by atoms with Gasteiger partial charge >= 0.3 is 0 Å². The number of nitrogens with one attached hydrogen (secondary N) is 1. The summed E-state index contributed by atoms with van der Waals surface area (Å²) in [5.41, 5.74) is 9.67. The Balaban J connectivity index is 0.000000461. The summed E-state index contributed by atoms with van der Waals surface area (Å²) in [6, 6.07) is 9.22. The lowest BCUT2D eigenvalue weighted by atomic mass is 10.2. The van der Waals surface area contributed by atoms with Crippen molar-refractivity contribution in [3.63, 3.8) is 0 Å². The van der Waals surface area contributed by atoms with Crippen molar-refractivity contribution in [3.05, 3.63) is 53.5 Å². The number of hydrazone groups is 1. The van der Waals surface area contributed by atoms with Crippen LogP contribution in [0.3, 0.4) is 0 Å². The van der Waals surface area contributed by atoms with E-state index in [1.54, 1.807) is 24.5 Å². The highest BCUT2D eigenvalue weighted by molar-refractivity contribution is 7.21. The zero-order valence-corrected chi connectivity index (χ0v) is 18.1. The molecule has 156 valence electrons. The van der Waals surface area contributed by atoms with Crippen molar-refractivity contribution >= 4 is 51.1 Å². The number of halogens is 1. The Bertz CT molecular complexity index is 1110. The van der Waals surface area contributed by atoms with Gasteiger partial charge in [-0.05, 0) is 37.6 Å². The highest BCUT2D eigenvalue weighted by Crippen LogP contribution is 2.34. The molecule has 3 heterocycles. The molecule has 10 heteroatoms. The van der Waals surface area contributed by atoms with Crippen LogP contribution in [-0.2, 0) is 4.74 Å². The van der Waals surface area contributed by atoms with Gasteiger partial charge in [-0.15, -0.1) is 11.3 Å². The number of anilines is 2. The van der Waals surface area contributed by atoms with Crippen LogP contribution in [0.25, 0.3) is 20.9 Å². The van der Waals surface area contributed by atoms with Crippen LogP contribution in [0.5, 0.6) is 0 Å². The summed E-state index contributed by atoms with van der Waals surface area (Å²) in [6.45, 7) is 5.67. The lowest BCUT2D eigenvalue weighted by Gasteiger charge is -2.01. The van der Waals surface area contributed by atoms with Gasteiger partial charge in [-0.1, -0.05) is 23.7 Å². The number of nitrogens with two attached hydrogens (primary N) is 1. The molecule has 0 aliphatic rings. The monoisotopic (exact) mass is 444 g/mol. The van der Waals surface area contributed by atoms with Crippen LogP contribution in [0.2, 0.25) is 5.02 Å². The van der Waals surface area contributed by atoms with E-state index < -0.39 is 0 Å². The highest BCUT2D eigenvalue weighted by atomic mass is 35.5. The second kappa shape index (κ2) is 10.7. The normalized spacial score (nSPS) is 10.9. The van der Waals surface area contributed by atoms with Crippen molar-refractivity contribution in [2.75, 3.05) is 24.4 Å². The predicted octanol–water partition coefficient (Wildman–Crippen LogP) is 5.07. The largest absolute Gasteiger partial charge is 0.443 e. The topological polar surface area (TPSA) is 111 Å². The van der Waals surface area contributed by atoms with Crippen molar-refractivity contribution in [1.82, 2.24) is 15.0 Å². The molecule has 8 nitrogen and oxygen atoms in total. The second-order valence-corrected chi connectivity index (χ2v) is 7.30. The lowest BCUT2D eigenvalue weighted by Crippen LogP contribution is -2.00. The SMILES string of the molecule is CCOCC.Nc1nc(N/N=C/c2cccc(Cl)c2)nc2sc(-c3cnco3)cc12. The summed E-state index contributed by atoms with van der Waals surface area (Å²) in [5.74, 6) is 1.35. The minimum atomic E-state index is 0.314. The van der Waals surface area contributed by atoms with Crippen molar-refractivity contribution in [2.24, 2.45) is 5.10 Å². The van der Waals surface area contributed by atoms with Gasteiger partial charge in [0.1, 0.15) is 10.6 Å². The first-order chi connectivity index (χ1) is 14.6. The maximum absolute atomic E-state index is 6.03. The predicted molar refractivity (Wildman–Crippen MR) is 122 cm³/mol. The minimum absolute atomic E-state index is 0.314. The molecule has 0 aliphatic heterocycles. The average molecular weight is 445 g/mol. The van der Waals surface area contributed by atoms with Crippen LogP contribution in [0.15, 0.2) is 52.4 Å². The summed E-state index contributed by atoms with van der Waals surface area (Å²) in [6.07, 6.45) is 4.65. The Kier molecular flexibility index (Phi) is 7.72. The maximum atomic E-state index is 6.03. The molecule has 0 spiro atoms. The third-order valence-electron chi connectivity index (χ3n) is 3.73. The van der Waals surface area contributed by atoms with Gasteiger partial charge in [0.25, 0.3) is 0 Å². The van der Waals surface area contributed by atoms with E-state index in [9.17, 15) is 0 Å². The maximum Gasteiger partial charge on any atom is 0.246 e. The average Bonchev–Trinajstić information content (AvgIpc) is 3.39. The zero-order chi connectivity index (χ0) is 21.3. The van der Waals surface area contributed by atoms with Gasteiger partial charge in [-0.25, -0.2) is 15.4 Å². The molecular weight excluding hydrogens is 424 g/mol.